The molecule has 0 heterocycles. The van der Waals surface area contributed by atoms with Crippen LogP contribution < -0.4 is 4.74 Å². The van der Waals surface area contributed by atoms with Gasteiger partial charge in [0.1, 0.15) is 17.9 Å². The number of carboxylic acid groups (broad SMARTS) is 1. The van der Waals surface area contributed by atoms with Gasteiger partial charge in [-0.2, -0.15) is 0 Å². The Balaban J connectivity index is 2.39. The fourth-order valence-electron chi connectivity index (χ4n) is 2.38. The van der Waals surface area contributed by atoms with E-state index in [9.17, 15) is 4.79 Å². The molecule has 0 aliphatic rings. The summed E-state index contributed by atoms with van der Waals surface area (Å²) in [7, 11) is 0. The average Bonchev–Trinajstić information content (AvgIpc) is 2.54. The van der Waals surface area contributed by atoms with E-state index >= 15 is 0 Å². The molecule has 1 aromatic carbocycles. The second-order valence-corrected chi connectivity index (χ2v) is 6.57. The lowest BCUT2D eigenvalue weighted by molar-refractivity contribution is 0.0693. The molecule has 25 heavy (non-hydrogen) atoms. The Morgan fingerprint density at radius 3 is 2.20 bits per heavy atom. The average molecular weight is 342 g/mol. The highest BCUT2D eigenvalue weighted by Gasteiger charge is 2.09. The number of rotatable bonds is 10. The molecule has 3 nitrogen and oxygen atoms in total. The van der Waals surface area contributed by atoms with E-state index in [1.54, 1.807) is 24.3 Å². The minimum Gasteiger partial charge on any atom is -0.489 e. The lowest BCUT2D eigenvalue weighted by Gasteiger charge is -2.07. The van der Waals surface area contributed by atoms with E-state index in [0.29, 0.717) is 12.4 Å². The molecule has 0 unspecified atom stereocenters. The number of hydrogen-bond acceptors (Lipinski definition) is 2. The van der Waals surface area contributed by atoms with Crippen molar-refractivity contribution in [3.05, 3.63) is 64.8 Å². The maximum Gasteiger partial charge on any atom is 0.339 e. The van der Waals surface area contributed by atoms with Crippen molar-refractivity contribution in [2.45, 2.75) is 53.4 Å². The van der Waals surface area contributed by atoms with Gasteiger partial charge in [0.05, 0.1) is 0 Å². The van der Waals surface area contributed by atoms with Gasteiger partial charge >= 0.3 is 5.97 Å². The second kappa shape index (κ2) is 11.3. The van der Waals surface area contributed by atoms with Crippen molar-refractivity contribution in [2.24, 2.45) is 0 Å². The van der Waals surface area contributed by atoms with Gasteiger partial charge in [0.2, 0.25) is 0 Å². The van der Waals surface area contributed by atoms with Gasteiger partial charge in [-0.15, -0.1) is 0 Å². The lowest BCUT2D eigenvalue weighted by atomic mass is 10.1. The molecular weight excluding hydrogens is 312 g/mol. The van der Waals surface area contributed by atoms with Crippen molar-refractivity contribution in [1.82, 2.24) is 0 Å². The van der Waals surface area contributed by atoms with Crippen LogP contribution in [0.25, 0.3) is 0 Å². The summed E-state index contributed by atoms with van der Waals surface area (Å²) in [6.07, 6.45) is 10.8. The van der Waals surface area contributed by atoms with Crippen molar-refractivity contribution in [2.75, 3.05) is 6.61 Å². The molecule has 0 bridgehead atoms. The zero-order valence-corrected chi connectivity index (χ0v) is 15.8. The van der Waals surface area contributed by atoms with E-state index in [1.807, 2.05) is 6.08 Å². The van der Waals surface area contributed by atoms with E-state index in [0.717, 1.165) is 25.7 Å². The first-order chi connectivity index (χ1) is 11.9. The minimum absolute atomic E-state index is 0.198. The van der Waals surface area contributed by atoms with Crippen LogP contribution in [0.3, 0.4) is 0 Å². The molecule has 0 spiro atoms. The van der Waals surface area contributed by atoms with Crippen molar-refractivity contribution in [3.8, 4) is 5.75 Å². The van der Waals surface area contributed by atoms with Crippen LogP contribution in [0.2, 0.25) is 0 Å². The highest BCUT2D eigenvalue weighted by atomic mass is 16.5. The Kier molecular flexibility index (Phi) is 9.38. The van der Waals surface area contributed by atoms with Crippen LogP contribution >= 0.6 is 0 Å². The van der Waals surface area contributed by atoms with Crippen LogP contribution in [-0.4, -0.2) is 17.7 Å². The summed E-state index contributed by atoms with van der Waals surface area (Å²) in [6.45, 7) is 8.91. The minimum atomic E-state index is -0.968. The van der Waals surface area contributed by atoms with Crippen molar-refractivity contribution in [1.29, 1.82) is 0 Å². The standard InChI is InChI=1S/C22H30O3/c1-17(2)9-7-10-18(3)11-8-12-19(4)15-16-25-21-14-6-5-13-20(21)22(23)24/h5-6,9,11,13-15H,7-8,10,12,16H2,1-4H3,(H,23,24). The summed E-state index contributed by atoms with van der Waals surface area (Å²) < 4.78 is 5.59. The van der Waals surface area contributed by atoms with Gasteiger partial charge in [-0.05, 0) is 71.6 Å². The number of carboxylic acids is 1. The van der Waals surface area contributed by atoms with Crippen molar-refractivity contribution in [3.63, 3.8) is 0 Å². The lowest BCUT2D eigenvalue weighted by Crippen LogP contribution is -2.03. The molecule has 136 valence electrons. The van der Waals surface area contributed by atoms with Gasteiger partial charge in [0.25, 0.3) is 0 Å². The fourth-order valence-corrected chi connectivity index (χ4v) is 2.38. The summed E-state index contributed by atoms with van der Waals surface area (Å²) in [6, 6.07) is 6.72. The molecule has 0 fully saturated rings. The van der Waals surface area contributed by atoms with Crippen LogP contribution in [-0.2, 0) is 0 Å². The molecule has 0 radical (unpaired) electrons. The van der Waals surface area contributed by atoms with Gasteiger partial charge in [-0.1, -0.05) is 41.0 Å². The van der Waals surface area contributed by atoms with Gasteiger partial charge in [0.15, 0.2) is 0 Å². The van der Waals surface area contributed by atoms with Crippen LogP contribution in [0.1, 0.15) is 63.7 Å². The third-order valence-electron chi connectivity index (χ3n) is 3.91. The molecule has 1 N–H and O–H groups in total. The van der Waals surface area contributed by atoms with Gasteiger partial charge in [-0.25, -0.2) is 4.79 Å². The third kappa shape index (κ3) is 8.94. The first-order valence-corrected chi connectivity index (χ1v) is 8.80. The Bertz CT molecular complexity index is 647. The topological polar surface area (TPSA) is 46.5 Å². The molecule has 0 atom stereocenters. The monoisotopic (exact) mass is 342 g/mol. The van der Waals surface area contributed by atoms with Gasteiger partial charge in [0, 0.05) is 0 Å². The summed E-state index contributed by atoms with van der Waals surface area (Å²) in [5.41, 5.74) is 4.25. The second-order valence-electron chi connectivity index (χ2n) is 6.57. The number of ether oxygens (including phenoxy) is 1. The first kappa shape index (κ1) is 20.8. The van der Waals surface area contributed by atoms with E-state index in [-0.39, 0.29) is 5.56 Å². The number of aromatic carboxylic acids is 1. The van der Waals surface area contributed by atoms with E-state index in [4.69, 9.17) is 9.84 Å². The Labute approximate surface area is 151 Å². The highest BCUT2D eigenvalue weighted by molar-refractivity contribution is 5.90. The van der Waals surface area contributed by atoms with Crippen LogP contribution in [0, 0.1) is 0 Å². The van der Waals surface area contributed by atoms with Crippen molar-refractivity contribution < 1.29 is 14.6 Å². The molecule has 0 aliphatic carbocycles. The molecular formula is C22H30O3. The largest absolute Gasteiger partial charge is 0.489 e. The maximum atomic E-state index is 11.1. The van der Waals surface area contributed by atoms with Gasteiger partial charge in [-0.3, -0.25) is 0 Å². The normalized spacial score (nSPS) is 12.0. The van der Waals surface area contributed by atoms with Crippen LogP contribution in [0.5, 0.6) is 5.75 Å². The zero-order valence-electron chi connectivity index (χ0n) is 15.8. The number of carbonyl (C=O) groups is 1. The third-order valence-corrected chi connectivity index (χ3v) is 3.91. The van der Waals surface area contributed by atoms with E-state index in [1.165, 1.54) is 16.7 Å². The van der Waals surface area contributed by atoms with E-state index in [2.05, 4.69) is 39.8 Å². The molecule has 0 aliphatic heterocycles. The number of benzene rings is 1. The van der Waals surface area contributed by atoms with Crippen LogP contribution in [0.15, 0.2) is 59.2 Å². The molecule has 1 rings (SSSR count). The summed E-state index contributed by atoms with van der Waals surface area (Å²) in [4.78, 5) is 11.1. The van der Waals surface area contributed by atoms with Gasteiger partial charge < -0.3 is 9.84 Å². The zero-order chi connectivity index (χ0) is 18.7. The quantitative estimate of drug-likeness (QED) is 0.516. The van der Waals surface area contributed by atoms with Crippen LogP contribution in [0.4, 0.5) is 0 Å². The molecule has 0 aromatic heterocycles. The predicted octanol–water partition coefficient (Wildman–Crippen LogP) is 6.18. The number of hydrogen-bond donors (Lipinski definition) is 1. The van der Waals surface area contributed by atoms with Crippen molar-refractivity contribution >= 4 is 5.97 Å². The SMILES string of the molecule is CC(C)=CCCC(C)=CCCC(C)=CCOc1ccccc1C(=O)O. The Hall–Kier alpha value is -2.29. The molecule has 1 aromatic rings. The van der Waals surface area contributed by atoms with E-state index < -0.39 is 5.97 Å². The molecule has 3 heteroatoms. The smallest absolute Gasteiger partial charge is 0.339 e. The Morgan fingerprint density at radius 1 is 0.960 bits per heavy atom. The molecule has 0 saturated heterocycles. The first-order valence-electron chi connectivity index (χ1n) is 8.80. The number of allylic oxidation sites excluding steroid dienone is 5. The molecule has 0 amide bonds. The highest BCUT2D eigenvalue weighted by Crippen LogP contribution is 2.18. The summed E-state index contributed by atoms with van der Waals surface area (Å²) in [5, 5.41) is 9.13. The maximum absolute atomic E-state index is 11.1. The number of para-hydroxylation sites is 1. The summed E-state index contributed by atoms with van der Waals surface area (Å²) in [5.74, 6) is -0.556. The summed E-state index contributed by atoms with van der Waals surface area (Å²) >= 11 is 0. The fraction of sp³-hybridized carbons (Fsp3) is 0.409. The molecule has 0 saturated carbocycles. The predicted molar refractivity (Wildman–Crippen MR) is 104 cm³/mol. The Morgan fingerprint density at radius 2 is 1.56 bits per heavy atom.